The highest BCUT2D eigenvalue weighted by Gasteiger charge is 2.19. The highest BCUT2D eigenvalue weighted by Crippen LogP contribution is 2.25. The van der Waals surface area contributed by atoms with Crippen molar-refractivity contribution in [2.45, 2.75) is 156 Å². The molecule has 0 aromatic carbocycles. The van der Waals surface area contributed by atoms with Gasteiger partial charge in [-0.15, -0.1) is 58.0 Å². The minimum Gasteiger partial charge on any atom is -0.481 e. The lowest BCUT2D eigenvalue weighted by molar-refractivity contribution is -0.142. The van der Waals surface area contributed by atoms with E-state index in [0.717, 1.165) is 77.0 Å². The zero-order chi connectivity index (χ0) is 25.8. The zero-order valence-electron chi connectivity index (χ0n) is 21.4. The van der Waals surface area contributed by atoms with Gasteiger partial charge in [0.15, 0.2) is 0 Å². The number of unbranched alkanes of at least 4 members (excludes halogenated alkanes) is 6. The molecule has 34 heavy (non-hydrogen) atoms. The molecule has 0 aromatic heterocycles. The number of rotatable bonds is 24. The van der Waals surface area contributed by atoms with Gasteiger partial charge in [-0.2, -0.15) is 0 Å². The predicted molar refractivity (Wildman–Crippen MR) is 154 cm³/mol. The molecular weight excluding hydrogens is 534 g/mol. The minimum absolute atomic E-state index is 0.000294. The van der Waals surface area contributed by atoms with Crippen molar-refractivity contribution >= 4 is 64.0 Å². The number of aliphatic carboxylic acids is 1. The summed E-state index contributed by atoms with van der Waals surface area (Å²) >= 11 is 31.6. The predicted octanol–water partition coefficient (Wildman–Crippen LogP) is 10.8. The molecule has 0 heterocycles. The molecule has 204 valence electrons. The number of carboxylic acid groups (broad SMARTS) is 1. The van der Waals surface area contributed by atoms with Gasteiger partial charge in [0.2, 0.25) is 0 Å². The minimum atomic E-state index is -0.672. The summed E-state index contributed by atoms with van der Waals surface area (Å²) in [4.78, 5) is 11.6. The summed E-state index contributed by atoms with van der Waals surface area (Å²) in [7, 11) is 0. The fourth-order valence-electron chi connectivity index (χ4n) is 4.30. The maximum absolute atomic E-state index is 11.6. The summed E-state index contributed by atoms with van der Waals surface area (Å²) in [5.74, 6) is -0.926. The second kappa shape index (κ2) is 23.1. The summed E-state index contributed by atoms with van der Waals surface area (Å²) < 4.78 is 0. The number of halogens is 5. The Morgan fingerprint density at radius 3 is 1.65 bits per heavy atom. The van der Waals surface area contributed by atoms with Crippen LogP contribution < -0.4 is 0 Å². The van der Waals surface area contributed by atoms with Crippen LogP contribution in [-0.2, 0) is 4.79 Å². The molecule has 0 saturated carbocycles. The number of alkyl halides is 5. The lowest BCUT2D eigenvalue weighted by Crippen LogP contribution is -2.17. The standard InChI is InChI=1S/C27H49Cl5O2/c1-3-13-25(31)26(32)19-18-23(29)17-12-15-21(27(33)34)14-10-8-6-5-7-9-11-16-24(30)20-22(28)4-2/h21-26H,3-20H2,1-2H3,(H,33,34). The average molecular weight is 583 g/mol. The van der Waals surface area contributed by atoms with E-state index in [1.54, 1.807) is 0 Å². The zero-order valence-corrected chi connectivity index (χ0v) is 25.2. The van der Waals surface area contributed by atoms with Crippen LogP contribution in [0, 0.1) is 5.92 Å². The van der Waals surface area contributed by atoms with Gasteiger partial charge in [0.1, 0.15) is 0 Å². The molecule has 0 saturated heterocycles. The first kappa shape index (κ1) is 34.9. The highest BCUT2D eigenvalue weighted by atomic mass is 35.5. The van der Waals surface area contributed by atoms with Gasteiger partial charge in [0.05, 0.1) is 5.92 Å². The third-order valence-electron chi connectivity index (χ3n) is 6.66. The third-order valence-corrected chi connectivity index (χ3v) is 9.15. The second-order valence-electron chi connectivity index (χ2n) is 9.85. The Kier molecular flexibility index (Phi) is 23.7. The van der Waals surface area contributed by atoms with E-state index in [1.807, 2.05) is 0 Å². The molecule has 0 amide bonds. The van der Waals surface area contributed by atoms with Crippen molar-refractivity contribution in [1.29, 1.82) is 0 Å². The van der Waals surface area contributed by atoms with Crippen LogP contribution in [-0.4, -0.2) is 38.0 Å². The van der Waals surface area contributed by atoms with Gasteiger partial charge in [-0.05, 0) is 57.8 Å². The molecule has 1 N–H and O–H groups in total. The molecule has 6 atom stereocenters. The van der Waals surface area contributed by atoms with Crippen molar-refractivity contribution in [2.75, 3.05) is 0 Å². The summed E-state index contributed by atoms with van der Waals surface area (Å²) in [6, 6.07) is 0. The van der Waals surface area contributed by atoms with Gasteiger partial charge in [-0.1, -0.05) is 71.6 Å². The molecule has 0 bridgehead atoms. The summed E-state index contributed by atoms with van der Waals surface area (Å²) in [5.41, 5.74) is 0. The Balaban J connectivity index is 3.79. The SMILES string of the molecule is CCCC(Cl)C(Cl)CCC(Cl)CCCC(CCCCCCCCCC(Cl)CC(Cl)CC)C(=O)O. The molecule has 7 heteroatoms. The van der Waals surface area contributed by atoms with E-state index in [1.165, 1.54) is 32.1 Å². The van der Waals surface area contributed by atoms with Crippen molar-refractivity contribution in [3.63, 3.8) is 0 Å². The van der Waals surface area contributed by atoms with Gasteiger partial charge in [0.25, 0.3) is 0 Å². The Bertz CT molecular complexity index is 480. The second-order valence-corrected chi connectivity index (χ2v) is 12.8. The van der Waals surface area contributed by atoms with Crippen LogP contribution in [0.15, 0.2) is 0 Å². The van der Waals surface area contributed by atoms with Gasteiger partial charge in [-0.3, -0.25) is 4.79 Å². The van der Waals surface area contributed by atoms with Crippen LogP contribution >= 0.6 is 58.0 Å². The summed E-state index contributed by atoms with van der Waals surface area (Å²) in [5, 5.41) is 9.95. The van der Waals surface area contributed by atoms with Crippen LogP contribution in [0.5, 0.6) is 0 Å². The molecule has 0 fully saturated rings. The monoisotopic (exact) mass is 580 g/mol. The normalized spacial score (nSPS) is 17.1. The van der Waals surface area contributed by atoms with E-state index < -0.39 is 5.97 Å². The topological polar surface area (TPSA) is 37.3 Å². The van der Waals surface area contributed by atoms with E-state index in [0.29, 0.717) is 6.42 Å². The van der Waals surface area contributed by atoms with E-state index in [-0.39, 0.29) is 32.8 Å². The number of carboxylic acids is 1. The Hall–Kier alpha value is 0.920. The Morgan fingerprint density at radius 1 is 0.588 bits per heavy atom. The van der Waals surface area contributed by atoms with Crippen molar-refractivity contribution in [3.8, 4) is 0 Å². The van der Waals surface area contributed by atoms with Crippen molar-refractivity contribution in [2.24, 2.45) is 5.92 Å². The fraction of sp³-hybridized carbons (Fsp3) is 0.963. The number of hydrogen-bond acceptors (Lipinski definition) is 1. The Labute approximate surface area is 235 Å². The molecule has 2 nitrogen and oxygen atoms in total. The molecule has 6 unspecified atom stereocenters. The summed E-state index contributed by atoms with van der Waals surface area (Å²) in [6.45, 7) is 4.20. The van der Waals surface area contributed by atoms with Gasteiger partial charge in [-0.25, -0.2) is 0 Å². The highest BCUT2D eigenvalue weighted by molar-refractivity contribution is 6.30. The van der Waals surface area contributed by atoms with E-state index in [4.69, 9.17) is 58.0 Å². The fourth-order valence-corrected chi connectivity index (χ4v) is 5.85. The molecule has 0 rings (SSSR count). The van der Waals surface area contributed by atoms with E-state index in [2.05, 4.69) is 13.8 Å². The first-order chi connectivity index (χ1) is 16.2. The smallest absolute Gasteiger partial charge is 0.306 e. The molecule has 0 radical (unpaired) electrons. The molecule has 0 aromatic rings. The lowest BCUT2D eigenvalue weighted by atomic mass is 9.94. The molecular formula is C27H49Cl5O2. The molecule has 0 aliphatic carbocycles. The quantitative estimate of drug-likeness (QED) is 0.0908. The first-order valence-corrected chi connectivity index (χ1v) is 15.8. The van der Waals surface area contributed by atoms with Crippen LogP contribution in [0.4, 0.5) is 0 Å². The third kappa shape index (κ3) is 20.0. The molecule has 0 aliphatic heterocycles. The maximum atomic E-state index is 11.6. The Morgan fingerprint density at radius 2 is 1.09 bits per heavy atom. The van der Waals surface area contributed by atoms with Crippen molar-refractivity contribution in [1.82, 2.24) is 0 Å². The maximum Gasteiger partial charge on any atom is 0.306 e. The molecule has 0 spiro atoms. The van der Waals surface area contributed by atoms with Crippen LogP contribution in [0.2, 0.25) is 0 Å². The van der Waals surface area contributed by atoms with Gasteiger partial charge in [0, 0.05) is 26.9 Å². The number of carbonyl (C=O) groups is 1. The average Bonchev–Trinajstić information content (AvgIpc) is 2.79. The van der Waals surface area contributed by atoms with Gasteiger partial charge >= 0.3 is 5.97 Å². The van der Waals surface area contributed by atoms with Crippen molar-refractivity contribution in [3.05, 3.63) is 0 Å². The number of hydrogen-bond donors (Lipinski definition) is 1. The van der Waals surface area contributed by atoms with Crippen molar-refractivity contribution < 1.29 is 9.90 Å². The van der Waals surface area contributed by atoms with Crippen LogP contribution in [0.3, 0.4) is 0 Å². The summed E-state index contributed by atoms with van der Waals surface area (Å²) in [6.07, 6.45) is 17.8. The first-order valence-electron chi connectivity index (χ1n) is 13.6. The van der Waals surface area contributed by atoms with Crippen LogP contribution in [0.1, 0.15) is 129 Å². The molecule has 0 aliphatic rings. The van der Waals surface area contributed by atoms with Crippen LogP contribution in [0.25, 0.3) is 0 Å². The van der Waals surface area contributed by atoms with Gasteiger partial charge < -0.3 is 5.11 Å². The van der Waals surface area contributed by atoms with E-state index >= 15 is 0 Å². The van der Waals surface area contributed by atoms with E-state index in [9.17, 15) is 9.90 Å². The lowest BCUT2D eigenvalue weighted by Gasteiger charge is -2.18. The largest absolute Gasteiger partial charge is 0.481 e.